The summed E-state index contributed by atoms with van der Waals surface area (Å²) in [6.07, 6.45) is 3.76. The van der Waals surface area contributed by atoms with Crippen LogP contribution in [-0.2, 0) is 21.8 Å². The largest absolute Gasteiger partial charge is 0.507 e. The summed E-state index contributed by atoms with van der Waals surface area (Å²) >= 11 is 8.71. The van der Waals surface area contributed by atoms with Crippen molar-refractivity contribution in [2.24, 2.45) is 0 Å². The van der Waals surface area contributed by atoms with Gasteiger partial charge in [0.05, 0.1) is 18.2 Å². The highest BCUT2D eigenvalue weighted by atomic mass is 35.5. The highest BCUT2D eigenvalue weighted by molar-refractivity contribution is 8.00. The van der Waals surface area contributed by atoms with Gasteiger partial charge in [-0.15, -0.1) is 10.2 Å². The van der Waals surface area contributed by atoms with Gasteiger partial charge in [0.1, 0.15) is 23.4 Å². The molecular weight excluding hydrogens is 630 g/mol. The predicted octanol–water partition coefficient (Wildman–Crippen LogP) is 8.00. The summed E-state index contributed by atoms with van der Waals surface area (Å²) in [5.41, 5.74) is 3.05. The van der Waals surface area contributed by atoms with Crippen molar-refractivity contribution in [3.8, 4) is 11.5 Å². The number of amides is 1. The van der Waals surface area contributed by atoms with Crippen molar-refractivity contribution in [3.05, 3.63) is 99.6 Å². The number of carbonyl (C=O) groups is 2. The fourth-order valence-corrected chi connectivity index (χ4v) is 7.42. The fraction of sp³-hybridized carbons (Fsp3) is 0.294. The third-order valence-electron chi connectivity index (χ3n) is 7.68. The van der Waals surface area contributed by atoms with Gasteiger partial charge in [0.2, 0.25) is 5.13 Å². The molecular formula is C34H32ClN3O5S2. The highest BCUT2D eigenvalue weighted by Gasteiger charge is 2.48. The first kappa shape index (κ1) is 31.1. The van der Waals surface area contributed by atoms with Gasteiger partial charge in [0.15, 0.2) is 4.34 Å². The second-order valence-electron chi connectivity index (χ2n) is 11.0. The Morgan fingerprint density at radius 2 is 1.93 bits per heavy atom. The van der Waals surface area contributed by atoms with Crippen LogP contribution in [0.5, 0.6) is 11.5 Å². The van der Waals surface area contributed by atoms with Crippen LogP contribution in [0.1, 0.15) is 61.4 Å². The standard InChI is InChI=1S/C34H32ClN3O5S2/c1-3-4-5-15-42-26-8-6-7-22(18-26)29-28(30(39)23-11-14-27-24(17-23)16-20(2)43-27)31(40)32(41)38(29)33-36-37-34(45-33)44-19-21-9-12-25(35)13-10-21/h6-14,17-18,20,29,39H,3-5,15-16,19H2,1-2H3. The molecule has 0 bridgehead atoms. The number of benzene rings is 3. The average Bonchev–Trinajstić information content (AvgIpc) is 3.73. The quantitative estimate of drug-likeness (QED) is 0.0431. The SMILES string of the molecule is CCCCCOc1cccc(C2C(=C(O)c3ccc4c(c3)CC(C)O4)C(=O)C(=O)N2c2nnc(SCc3ccc(Cl)cc3)s2)c1. The van der Waals surface area contributed by atoms with Crippen molar-refractivity contribution in [2.75, 3.05) is 11.5 Å². The number of hydrogen-bond acceptors (Lipinski definition) is 9. The number of halogens is 1. The molecule has 0 radical (unpaired) electrons. The molecule has 1 saturated heterocycles. The molecule has 2 unspecified atom stereocenters. The summed E-state index contributed by atoms with van der Waals surface area (Å²) in [6.45, 7) is 4.66. The Kier molecular flexibility index (Phi) is 9.44. The Balaban J connectivity index is 1.37. The Labute approximate surface area is 275 Å². The molecule has 8 nitrogen and oxygen atoms in total. The van der Waals surface area contributed by atoms with Gasteiger partial charge in [-0.05, 0) is 72.5 Å². The molecule has 2 aliphatic rings. The van der Waals surface area contributed by atoms with Crippen LogP contribution in [0.15, 0.2) is 76.6 Å². The lowest BCUT2D eigenvalue weighted by Crippen LogP contribution is -2.29. The number of ether oxygens (including phenoxy) is 2. The van der Waals surface area contributed by atoms with Gasteiger partial charge in [-0.25, -0.2) is 0 Å². The number of anilines is 1. The van der Waals surface area contributed by atoms with Crippen molar-refractivity contribution < 1.29 is 24.2 Å². The van der Waals surface area contributed by atoms with Crippen LogP contribution in [0.3, 0.4) is 0 Å². The smallest absolute Gasteiger partial charge is 0.301 e. The van der Waals surface area contributed by atoms with E-state index in [1.54, 1.807) is 12.1 Å². The lowest BCUT2D eigenvalue weighted by Gasteiger charge is -2.23. The van der Waals surface area contributed by atoms with E-state index in [1.807, 2.05) is 61.5 Å². The molecule has 1 amide bonds. The molecule has 6 rings (SSSR count). The first-order chi connectivity index (χ1) is 21.8. The van der Waals surface area contributed by atoms with Gasteiger partial charge < -0.3 is 14.6 Å². The third-order valence-corrected chi connectivity index (χ3v) is 10.1. The molecule has 3 aromatic carbocycles. The van der Waals surface area contributed by atoms with Crippen molar-refractivity contribution in [2.45, 2.75) is 61.8 Å². The normalized spacial score (nSPS) is 18.7. The van der Waals surface area contributed by atoms with Gasteiger partial charge in [-0.3, -0.25) is 14.5 Å². The first-order valence-electron chi connectivity index (χ1n) is 14.9. The molecule has 2 aliphatic heterocycles. The van der Waals surface area contributed by atoms with Gasteiger partial charge in [-0.1, -0.05) is 78.7 Å². The second kappa shape index (κ2) is 13.6. The number of thioether (sulfide) groups is 1. The number of unbranched alkanes of at least 4 members (excludes halogenated alkanes) is 2. The minimum Gasteiger partial charge on any atom is -0.507 e. The Bertz CT molecular complexity index is 1760. The molecule has 1 aromatic heterocycles. The van der Waals surface area contributed by atoms with E-state index in [4.69, 9.17) is 21.1 Å². The Morgan fingerprint density at radius 1 is 1.11 bits per heavy atom. The van der Waals surface area contributed by atoms with Crippen molar-refractivity contribution >= 4 is 57.3 Å². The van der Waals surface area contributed by atoms with Crippen LogP contribution >= 0.6 is 34.7 Å². The van der Waals surface area contributed by atoms with Gasteiger partial charge in [0, 0.05) is 22.8 Å². The molecule has 2 atom stereocenters. The fourth-order valence-electron chi connectivity index (χ4n) is 5.47. The molecule has 232 valence electrons. The number of Topliss-reactive ketones (excluding diaryl/α,β-unsaturated/α-hetero) is 1. The average molecular weight is 662 g/mol. The van der Waals surface area contributed by atoms with E-state index in [9.17, 15) is 14.7 Å². The summed E-state index contributed by atoms with van der Waals surface area (Å²) in [7, 11) is 0. The van der Waals surface area contributed by atoms with E-state index in [0.717, 1.165) is 36.1 Å². The molecule has 3 heterocycles. The van der Waals surface area contributed by atoms with E-state index < -0.39 is 17.7 Å². The number of aromatic nitrogens is 2. The third kappa shape index (κ3) is 6.73. The maximum atomic E-state index is 13.7. The highest BCUT2D eigenvalue weighted by Crippen LogP contribution is 2.45. The number of aliphatic hydroxyl groups is 1. The summed E-state index contributed by atoms with van der Waals surface area (Å²) < 4.78 is 12.5. The van der Waals surface area contributed by atoms with Crippen LogP contribution < -0.4 is 14.4 Å². The minimum absolute atomic E-state index is 0.0133. The molecule has 11 heteroatoms. The Hall–Kier alpha value is -3.86. The lowest BCUT2D eigenvalue weighted by atomic mass is 9.94. The van der Waals surface area contributed by atoms with E-state index >= 15 is 0 Å². The lowest BCUT2D eigenvalue weighted by molar-refractivity contribution is -0.132. The number of fused-ring (bicyclic) bond motifs is 1. The molecule has 0 aliphatic carbocycles. The summed E-state index contributed by atoms with van der Waals surface area (Å²) in [6, 6.07) is 19.3. The Morgan fingerprint density at radius 3 is 2.73 bits per heavy atom. The summed E-state index contributed by atoms with van der Waals surface area (Å²) in [5.74, 6) is 0.184. The van der Waals surface area contributed by atoms with Crippen LogP contribution in [0.2, 0.25) is 5.02 Å². The molecule has 0 spiro atoms. The number of aliphatic hydroxyl groups excluding tert-OH is 1. The summed E-state index contributed by atoms with van der Waals surface area (Å²) in [5, 5.41) is 21.2. The van der Waals surface area contributed by atoms with Crippen molar-refractivity contribution in [3.63, 3.8) is 0 Å². The van der Waals surface area contributed by atoms with Gasteiger partial charge >= 0.3 is 5.91 Å². The van der Waals surface area contributed by atoms with E-state index in [2.05, 4.69) is 17.1 Å². The van der Waals surface area contributed by atoms with Crippen LogP contribution in [0.25, 0.3) is 5.76 Å². The van der Waals surface area contributed by atoms with Crippen LogP contribution in [0.4, 0.5) is 5.13 Å². The van der Waals surface area contributed by atoms with Crippen LogP contribution in [0, 0.1) is 0 Å². The zero-order valence-electron chi connectivity index (χ0n) is 24.9. The van der Waals surface area contributed by atoms with Gasteiger partial charge in [0.25, 0.3) is 5.78 Å². The number of nitrogens with zero attached hydrogens (tertiary/aromatic N) is 3. The zero-order valence-corrected chi connectivity index (χ0v) is 27.3. The second-order valence-corrected chi connectivity index (χ2v) is 13.6. The van der Waals surface area contributed by atoms with Crippen molar-refractivity contribution in [1.82, 2.24) is 10.2 Å². The maximum Gasteiger partial charge on any atom is 0.301 e. The number of hydrogen-bond donors (Lipinski definition) is 1. The number of carbonyl (C=O) groups excluding carboxylic acids is 2. The van der Waals surface area contributed by atoms with E-state index in [0.29, 0.717) is 45.0 Å². The minimum atomic E-state index is -0.935. The van der Waals surface area contributed by atoms with Gasteiger partial charge in [-0.2, -0.15) is 0 Å². The zero-order chi connectivity index (χ0) is 31.5. The van der Waals surface area contributed by atoms with E-state index in [1.165, 1.54) is 28.0 Å². The topological polar surface area (TPSA) is 102 Å². The maximum absolute atomic E-state index is 13.7. The molecule has 45 heavy (non-hydrogen) atoms. The molecule has 4 aromatic rings. The molecule has 1 N–H and O–H groups in total. The predicted molar refractivity (Wildman–Crippen MR) is 177 cm³/mol. The number of ketones is 1. The molecule has 1 fully saturated rings. The van der Waals surface area contributed by atoms with Crippen molar-refractivity contribution in [1.29, 1.82) is 0 Å². The number of rotatable bonds is 11. The summed E-state index contributed by atoms with van der Waals surface area (Å²) in [4.78, 5) is 28.8. The first-order valence-corrected chi connectivity index (χ1v) is 17.0. The monoisotopic (exact) mass is 661 g/mol. The molecule has 0 saturated carbocycles. The van der Waals surface area contributed by atoms with Crippen LogP contribution in [-0.4, -0.2) is 39.7 Å². The van der Waals surface area contributed by atoms with E-state index in [-0.39, 0.29) is 22.6 Å².